The molecule has 2 aliphatic rings. The van der Waals surface area contributed by atoms with E-state index in [0.717, 1.165) is 6.54 Å². The Morgan fingerprint density at radius 2 is 2.32 bits per heavy atom. The first-order valence-corrected chi connectivity index (χ1v) is 6.59. The summed E-state index contributed by atoms with van der Waals surface area (Å²) in [5.41, 5.74) is -0.183. The molecule has 2 atom stereocenters. The predicted octanol–water partition coefficient (Wildman–Crippen LogP) is 2.87. The molecule has 1 aromatic rings. The third-order valence-electron chi connectivity index (χ3n) is 3.66. The van der Waals surface area contributed by atoms with Crippen LogP contribution in [0.1, 0.15) is 18.9 Å². The van der Waals surface area contributed by atoms with Gasteiger partial charge < -0.3 is 10.1 Å². The van der Waals surface area contributed by atoms with Gasteiger partial charge in [-0.1, -0.05) is 18.5 Å². The number of amides is 1. The first-order chi connectivity index (χ1) is 9.02. The van der Waals surface area contributed by atoms with Crippen LogP contribution in [0.15, 0.2) is 12.1 Å². The minimum Gasteiger partial charge on any atom is -0.436 e. The Morgan fingerprint density at radius 1 is 1.53 bits per heavy atom. The number of carbonyl (C=O) groups excluding carboxylic acids is 1. The highest BCUT2D eigenvalue weighted by Crippen LogP contribution is 2.44. The molecule has 0 bridgehead atoms. The van der Waals surface area contributed by atoms with Crippen molar-refractivity contribution in [3.8, 4) is 0 Å². The lowest BCUT2D eigenvalue weighted by Crippen LogP contribution is -2.52. The minimum absolute atomic E-state index is 0.0381. The second-order valence-corrected chi connectivity index (χ2v) is 5.64. The van der Waals surface area contributed by atoms with Crippen molar-refractivity contribution < 1.29 is 13.9 Å². The number of fused-ring (bicyclic) bond motifs is 2. The van der Waals surface area contributed by atoms with Crippen LogP contribution in [0.3, 0.4) is 0 Å². The zero-order valence-electron chi connectivity index (χ0n) is 10.4. The van der Waals surface area contributed by atoms with Crippen molar-refractivity contribution in [2.24, 2.45) is 5.92 Å². The van der Waals surface area contributed by atoms with Crippen molar-refractivity contribution in [3.63, 3.8) is 0 Å². The third kappa shape index (κ3) is 1.97. The monoisotopic (exact) mass is 284 g/mol. The van der Waals surface area contributed by atoms with Crippen molar-refractivity contribution in [3.05, 3.63) is 28.5 Å². The molecule has 19 heavy (non-hydrogen) atoms. The quantitative estimate of drug-likeness (QED) is 0.770. The molecule has 102 valence electrons. The number of benzene rings is 1. The first-order valence-electron chi connectivity index (χ1n) is 6.21. The van der Waals surface area contributed by atoms with Crippen LogP contribution in [0, 0.1) is 11.7 Å². The average molecular weight is 285 g/mol. The van der Waals surface area contributed by atoms with Crippen LogP contribution in [0.2, 0.25) is 5.02 Å². The summed E-state index contributed by atoms with van der Waals surface area (Å²) in [5, 5.41) is 5.75. The van der Waals surface area contributed by atoms with Crippen LogP contribution in [0.5, 0.6) is 0 Å². The Hall–Kier alpha value is -1.33. The summed E-state index contributed by atoms with van der Waals surface area (Å²) in [5.74, 6) is -0.235. The normalized spacial score (nSPS) is 29.6. The van der Waals surface area contributed by atoms with Gasteiger partial charge >= 0.3 is 6.09 Å². The molecule has 1 fully saturated rings. The molecule has 1 saturated heterocycles. The van der Waals surface area contributed by atoms with Gasteiger partial charge in [-0.3, -0.25) is 5.32 Å². The van der Waals surface area contributed by atoms with Gasteiger partial charge in [0.05, 0.1) is 16.3 Å². The molecule has 0 aromatic heterocycles. The lowest BCUT2D eigenvalue weighted by molar-refractivity contribution is -0.0230. The van der Waals surface area contributed by atoms with Crippen LogP contribution in [-0.4, -0.2) is 19.2 Å². The summed E-state index contributed by atoms with van der Waals surface area (Å²) in [4.78, 5) is 11.7. The Balaban J connectivity index is 2.17. The Morgan fingerprint density at radius 3 is 3.05 bits per heavy atom. The summed E-state index contributed by atoms with van der Waals surface area (Å²) in [6.07, 6.45) is 0.0302. The summed E-state index contributed by atoms with van der Waals surface area (Å²) < 4.78 is 19.8. The van der Waals surface area contributed by atoms with Crippen molar-refractivity contribution in [2.45, 2.75) is 18.9 Å². The molecule has 2 aliphatic heterocycles. The van der Waals surface area contributed by atoms with E-state index in [2.05, 4.69) is 10.6 Å². The van der Waals surface area contributed by atoms with Crippen molar-refractivity contribution >= 4 is 23.4 Å². The Labute approximate surface area is 115 Å². The molecule has 2 N–H and O–H groups in total. The van der Waals surface area contributed by atoms with E-state index in [1.165, 1.54) is 6.07 Å². The van der Waals surface area contributed by atoms with Gasteiger partial charge in [-0.15, -0.1) is 0 Å². The largest absolute Gasteiger partial charge is 0.436 e. The highest BCUT2D eigenvalue weighted by molar-refractivity contribution is 6.31. The van der Waals surface area contributed by atoms with Crippen LogP contribution >= 0.6 is 11.6 Å². The highest BCUT2D eigenvalue weighted by atomic mass is 35.5. The van der Waals surface area contributed by atoms with Gasteiger partial charge in [0.2, 0.25) is 0 Å². The maximum absolute atomic E-state index is 14.4. The second-order valence-electron chi connectivity index (χ2n) is 5.23. The predicted molar refractivity (Wildman–Crippen MR) is 69.8 cm³/mol. The molecular formula is C13H14ClFN2O2. The standard InChI is InChI=1S/C13H14ClFN2O2/c1-7-4-13(6-16-5-7)10-9(17-12(18)19-13)3-2-8(14)11(10)15/h2-3,7,16H,4-6H2,1H3,(H,17,18)/t7-,13+/m1/s1. The number of piperidine rings is 1. The molecule has 1 aromatic carbocycles. The molecule has 6 heteroatoms. The minimum atomic E-state index is -0.968. The molecular weight excluding hydrogens is 271 g/mol. The third-order valence-corrected chi connectivity index (χ3v) is 3.95. The van der Waals surface area contributed by atoms with Gasteiger partial charge in [-0.25, -0.2) is 9.18 Å². The van der Waals surface area contributed by atoms with Crippen molar-refractivity contribution in [1.29, 1.82) is 0 Å². The molecule has 0 saturated carbocycles. The number of hydrogen-bond acceptors (Lipinski definition) is 3. The van der Waals surface area contributed by atoms with E-state index in [1.807, 2.05) is 6.92 Å². The summed E-state index contributed by atoms with van der Waals surface area (Å²) in [7, 11) is 0. The molecule has 4 nitrogen and oxygen atoms in total. The Bertz CT molecular complexity index is 552. The van der Waals surface area contributed by atoms with Crippen molar-refractivity contribution in [1.82, 2.24) is 5.32 Å². The molecule has 0 aliphatic carbocycles. The molecule has 2 heterocycles. The lowest BCUT2D eigenvalue weighted by atomic mass is 9.80. The van der Waals surface area contributed by atoms with E-state index in [9.17, 15) is 9.18 Å². The van der Waals surface area contributed by atoms with E-state index in [-0.39, 0.29) is 10.9 Å². The molecule has 0 unspecified atom stereocenters. The molecule has 1 amide bonds. The number of rotatable bonds is 0. The van der Waals surface area contributed by atoms with E-state index in [0.29, 0.717) is 24.2 Å². The van der Waals surface area contributed by atoms with E-state index in [4.69, 9.17) is 16.3 Å². The van der Waals surface area contributed by atoms with E-state index < -0.39 is 17.5 Å². The number of anilines is 1. The fourth-order valence-corrected chi connectivity index (χ4v) is 3.12. The smallest absolute Gasteiger partial charge is 0.412 e. The van der Waals surface area contributed by atoms with Gasteiger partial charge in [-0.05, 0) is 31.0 Å². The first kappa shape index (κ1) is 12.7. The average Bonchev–Trinajstić information content (AvgIpc) is 2.33. The molecule has 1 spiro atoms. The highest BCUT2D eigenvalue weighted by Gasteiger charge is 2.47. The van der Waals surface area contributed by atoms with Crippen LogP contribution in [0.4, 0.5) is 14.9 Å². The summed E-state index contributed by atoms with van der Waals surface area (Å²) >= 11 is 5.86. The number of ether oxygens (including phenoxy) is 1. The zero-order valence-corrected chi connectivity index (χ0v) is 11.2. The van der Waals surface area contributed by atoms with Crippen LogP contribution < -0.4 is 10.6 Å². The topological polar surface area (TPSA) is 50.4 Å². The number of nitrogens with one attached hydrogen (secondary N) is 2. The summed E-state index contributed by atoms with van der Waals surface area (Å²) in [6, 6.07) is 3.05. The van der Waals surface area contributed by atoms with Gasteiger partial charge in [0.1, 0.15) is 0 Å². The number of carbonyl (C=O) groups is 1. The lowest BCUT2D eigenvalue weighted by Gasteiger charge is -2.43. The van der Waals surface area contributed by atoms with Gasteiger partial charge in [0.25, 0.3) is 0 Å². The van der Waals surface area contributed by atoms with Gasteiger partial charge in [0, 0.05) is 6.54 Å². The van der Waals surface area contributed by atoms with E-state index >= 15 is 0 Å². The maximum atomic E-state index is 14.4. The number of halogens is 2. The van der Waals surface area contributed by atoms with Crippen molar-refractivity contribution in [2.75, 3.05) is 18.4 Å². The van der Waals surface area contributed by atoms with E-state index in [1.54, 1.807) is 6.07 Å². The Kier molecular flexibility index (Phi) is 2.91. The fourth-order valence-electron chi connectivity index (χ4n) is 2.96. The number of hydrogen-bond donors (Lipinski definition) is 2. The summed E-state index contributed by atoms with van der Waals surface area (Å²) in [6.45, 7) is 3.26. The molecule has 0 radical (unpaired) electrons. The maximum Gasteiger partial charge on any atom is 0.412 e. The van der Waals surface area contributed by atoms with Gasteiger partial charge in [0.15, 0.2) is 11.4 Å². The second kappa shape index (κ2) is 4.35. The SMILES string of the molecule is C[C@H]1CNC[C@]2(C1)OC(=O)Nc1ccc(Cl)c(F)c12. The van der Waals surface area contributed by atoms with Crippen LogP contribution in [-0.2, 0) is 10.3 Å². The van der Waals surface area contributed by atoms with Gasteiger partial charge in [-0.2, -0.15) is 0 Å². The fraction of sp³-hybridized carbons (Fsp3) is 0.462. The molecule has 3 rings (SSSR count). The van der Waals surface area contributed by atoms with Crippen LogP contribution in [0.25, 0.3) is 0 Å². The zero-order chi connectivity index (χ0) is 13.6.